The maximum atomic E-state index is 12.1. The Balaban J connectivity index is 2.11. The van der Waals surface area contributed by atoms with E-state index in [9.17, 15) is 9.59 Å². The number of carbonyl (C=O) groups excluding carboxylic acids is 2. The zero-order valence-electron chi connectivity index (χ0n) is 13.9. The van der Waals surface area contributed by atoms with Crippen LogP contribution in [0.3, 0.4) is 0 Å². The number of ether oxygens (including phenoxy) is 2. The van der Waals surface area contributed by atoms with Gasteiger partial charge in [-0.25, -0.2) is 0 Å². The van der Waals surface area contributed by atoms with Gasteiger partial charge in [-0.05, 0) is 25.0 Å². The van der Waals surface area contributed by atoms with E-state index in [2.05, 4.69) is 0 Å². The number of hydrogen-bond acceptors (Lipinski definition) is 4. The fraction of sp³-hybridized carbons (Fsp3) is 0.222. The van der Waals surface area contributed by atoms with Crippen LogP contribution in [0.1, 0.15) is 30.7 Å². The molecule has 0 aliphatic carbocycles. The molecule has 142 valence electrons. The van der Waals surface area contributed by atoms with Crippen LogP contribution in [-0.2, 0) is 9.59 Å². The molecule has 2 aromatic carbocycles. The van der Waals surface area contributed by atoms with E-state index in [1.54, 1.807) is 24.3 Å². The summed E-state index contributed by atoms with van der Waals surface area (Å²) in [7, 11) is 0. The number of primary amides is 2. The van der Waals surface area contributed by atoms with Crippen molar-refractivity contribution in [3.8, 4) is 23.0 Å². The van der Waals surface area contributed by atoms with E-state index >= 15 is 0 Å². The van der Waals surface area contributed by atoms with Crippen LogP contribution in [0.5, 0.6) is 23.0 Å². The molecule has 0 spiro atoms. The Kier molecular flexibility index (Phi) is 5.69. The molecular formula is C18H15Cl3N2O4. The summed E-state index contributed by atoms with van der Waals surface area (Å²) < 4.78 is 11.8. The van der Waals surface area contributed by atoms with Gasteiger partial charge in [-0.15, -0.1) is 0 Å². The minimum Gasteiger partial charge on any atom is -0.449 e. The number of para-hydroxylation sites is 2. The van der Waals surface area contributed by atoms with Gasteiger partial charge in [0.05, 0.1) is 16.0 Å². The molecule has 27 heavy (non-hydrogen) atoms. The Morgan fingerprint density at radius 2 is 1.52 bits per heavy atom. The summed E-state index contributed by atoms with van der Waals surface area (Å²) in [4.78, 5) is 23.2. The Bertz CT molecular complexity index is 933. The largest absolute Gasteiger partial charge is 0.449 e. The highest BCUT2D eigenvalue weighted by Crippen LogP contribution is 2.56. The van der Waals surface area contributed by atoms with Gasteiger partial charge in [0.2, 0.25) is 11.8 Å². The number of halogens is 3. The lowest BCUT2D eigenvalue weighted by Gasteiger charge is -2.27. The summed E-state index contributed by atoms with van der Waals surface area (Å²) in [6, 6.07) is 6.94. The normalized spacial score (nSPS) is 13.0. The molecule has 1 aliphatic heterocycles. The molecule has 6 nitrogen and oxygen atoms in total. The average molecular weight is 430 g/mol. The Morgan fingerprint density at radius 1 is 0.926 bits per heavy atom. The Hall–Kier alpha value is -2.15. The molecule has 4 N–H and O–H groups in total. The number of amides is 2. The van der Waals surface area contributed by atoms with Crippen molar-refractivity contribution in [1.29, 1.82) is 0 Å². The van der Waals surface area contributed by atoms with Crippen LogP contribution in [0.15, 0.2) is 24.3 Å². The number of rotatable bonds is 6. The molecule has 1 unspecified atom stereocenters. The van der Waals surface area contributed by atoms with Crippen molar-refractivity contribution < 1.29 is 19.1 Å². The highest BCUT2D eigenvalue weighted by molar-refractivity contribution is 6.49. The van der Waals surface area contributed by atoms with Crippen molar-refractivity contribution in [2.45, 2.75) is 25.2 Å². The van der Waals surface area contributed by atoms with E-state index in [0.29, 0.717) is 17.9 Å². The average Bonchev–Trinajstić information content (AvgIpc) is 2.63. The minimum atomic E-state index is -0.866. The van der Waals surface area contributed by atoms with Gasteiger partial charge < -0.3 is 20.9 Å². The van der Waals surface area contributed by atoms with E-state index < -0.39 is 17.7 Å². The summed E-state index contributed by atoms with van der Waals surface area (Å²) in [5, 5.41) is 0.137. The van der Waals surface area contributed by atoms with E-state index in [-0.39, 0.29) is 45.0 Å². The lowest BCUT2D eigenvalue weighted by molar-refractivity contribution is -0.120. The van der Waals surface area contributed by atoms with Crippen LogP contribution >= 0.6 is 34.8 Å². The Labute approximate surface area is 170 Å². The van der Waals surface area contributed by atoms with E-state index in [1.165, 1.54) is 0 Å². The van der Waals surface area contributed by atoms with Gasteiger partial charge in [0.25, 0.3) is 0 Å². The smallest absolute Gasteiger partial charge is 0.225 e. The second-order valence-corrected chi connectivity index (χ2v) is 7.11. The first-order valence-corrected chi connectivity index (χ1v) is 9.17. The fourth-order valence-corrected chi connectivity index (χ4v) is 3.65. The van der Waals surface area contributed by atoms with E-state index in [1.807, 2.05) is 0 Å². The van der Waals surface area contributed by atoms with Crippen molar-refractivity contribution in [2.75, 3.05) is 0 Å². The van der Waals surface area contributed by atoms with Crippen LogP contribution < -0.4 is 20.9 Å². The van der Waals surface area contributed by atoms with Gasteiger partial charge in [0.15, 0.2) is 23.0 Å². The molecule has 0 fully saturated rings. The van der Waals surface area contributed by atoms with Crippen LogP contribution in [0.2, 0.25) is 15.1 Å². The predicted molar refractivity (Wildman–Crippen MR) is 103 cm³/mol. The summed E-state index contributed by atoms with van der Waals surface area (Å²) in [6.07, 6.45) is 0.671. The molecule has 1 aliphatic rings. The zero-order valence-corrected chi connectivity index (χ0v) is 16.2. The van der Waals surface area contributed by atoms with Crippen LogP contribution in [0, 0.1) is 0 Å². The van der Waals surface area contributed by atoms with Gasteiger partial charge >= 0.3 is 0 Å². The van der Waals surface area contributed by atoms with Crippen LogP contribution in [0.4, 0.5) is 0 Å². The molecule has 0 aromatic heterocycles. The summed E-state index contributed by atoms with van der Waals surface area (Å²) in [6.45, 7) is 0. The van der Waals surface area contributed by atoms with Gasteiger partial charge in [-0.2, -0.15) is 0 Å². The minimum absolute atomic E-state index is 0.0243. The maximum Gasteiger partial charge on any atom is 0.225 e. The van der Waals surface area contributed by atoms with Crippen LogP contribution in [-0.4, -0.2) is 11.8 Å². The molecule has 0 saturated carbocycles. The second-order valence-electron chi connectivity index (χ2n) is 5.98. The maximum absolute atomic E-state index is 12.1. The predicted octanol–water partition coefficient (Wildman–Crippen LogP) is 4.77. The topological polar surface area (TPSA) is 105 Å². The van der Waals surface area contributed by atoms with Gasteiger partial charge in [0, 0.05) is 12.0 Å². The first kappa shape index (κ1) is 19.6. The molecular weight excluding hydrogens is 415 g/mol. The molecule has 0 bridgehead atoms. The van der Waals surface area contributed by atoms with Crippen molar-refractivity contribution in [3.63, 3.8) is 0 Å². The number of fused-ring (bicyclic) bond motifs is 2. The monoisotopic (exact) mass is 428 g/mol. The molecule has 3 rings (SSSR count). The highest BCUT2D eigenvalue weighted by Gasteiger charge is 2.34. The standard InChI is InChI=1S/C18H15Cl3N2O4/c19-13-12(8(18(23)25)4-3-7-11(22)24)16-17(15(21)14(13)20)27-10-6-2-1-5-9(10)26-16/h1-2,5-6,8H,3-4,7H2,(H2,22,24)(H2,23,25). The van der Waals surface area contributed by atoms with Gasteiger partial charge in [-0.1, -0.05) is 46.9 Å². The van der Waals surface area contributed by atoms with Gasteiger partial charge in [-0.3, -0.25) is 9.59 Å². The summed E-state index contributed by atoms with van der Waals surface area (Å²) in [5.41, 5.74) is 11.0. The molecule has 2 amide bonds. The number of benzene rings is 2. The fourth-order valence-electron chi connectivity index (χ4n) is 2.89. The van der Waals surface area contributed by atoms with Crippen molar-refractivity contribution >= 4 is 46.6 Å². The number of carbonyl (C=O) groups is 2. The van der Waals surface area contributed by atoms with Crippen molar-refractivity contribution in [1.82, 2.24) is 0 Å². The third-order valence-electron chi connectivity index (χ3n) is 4.15. The third kappa shape index (κ3) is 3.78. The van der Waals surface area contributed by atoms with E-state index in [4.69, 9.17) is 55.7 Å². The molecule has 0 saturated heterocycles. The lowest BCUT2D eigenvalue weighted by Crippen LogP contribution is -2.23. The number of nitrogens with two attached hydrogens (primary N) is 2. The number of hydrogen-bond donors (Lipinski definition) is 2. The van der Waals surface area contributed by atoms with Crippen molar-refractivity contribution in [3.05, 3.63) is 44.9 Å². The van der Waals surface area contributed by atoms with E-state index in [0.717, 1.165) is 0 Å². The summed E-state index contributed by atoms with van der Waals surface area (Å²) in [5.74, 6) is -0.786. The zero-order chi connectivity index (χ0) is 19.7. The summed E-state index contributed by atoms with van der Waals surface area (Å²) >= 11 is 18.9. The lowest BCUT2D eigenvalue weighted by atomic mass is 9.91. The van der Waals surface area contributed by atoms with Crippen molar-refractivity contribution in [2.24, 2.45) is 11.5 Å². The SMILES string of the molecule is NC(=O)CCCC(C(N)=O)c1c(Cl)c(Cl)c(Cl)c2c1Oc1ccccc1O2. The quantitative estimate of drug-likeness (QED) is 0.551. The molecule has 9 heteroatoms. The molecule has 1 heterocycles. The first-order valence-electron chi connectivity index (χ1n) is 8.04. The highest BCUT2D eigenvalue weighted by atomic mass is 35.5. The Morgan fingerprint density at radius 3 is 2.07 bits per heavy atom. The molecule has 0 radical (unpaired) electrons. The second kappa shape index (κ2) is 7.84. The molecule has 1 atom stereocenters. The van der Waals surface area contributed by atoms with Crippen LogP contribution in [0.25, 0.3) is 0 Å². The molecule has 2 aromatic rings. The first-order chi connectivity index (χ1) is 12.8. The van der Waals surface area contributed by atoms with Gasteiger partial charge in [0.1, 0.15) is 5.02 Å². The third-order valence-corrected chi connectivity index (χ3v) is 5.48.